The largest absolute Gasteiger partial charge is 0.342 e. The molecule has 0 aromatic carbocycles. The summed E-state index contributed by atoms with van der Waals surface area (Å²) in [4.78, 5) is 15.2. The quantitative estimate of drug-likeness (QED) is 0.420. The topological polar surface area (TPSA) is 54.5 Å². The minimum absolute atomic E-state index is 0.633. The highest BCUT2D eigenvalue weighted by Crippen LogP contribution is 2.12. The summed E-state index contributed by atoms with van der Waals surface area (Å²) in [6.07, 6.45) is 3.30. The zero-order chi connectivity index (χ0) is 9.10. The third-order valence-corrected chi connectivity index (χ3v) is 2.08. The molecule has 0 saturated carbocycles. The van der Waals surface area contributed by atoms with Crippen LogP contribution in [0.3, 0.4) is 0 Å². The molecule has 0 aliphatic heterocycles. The molecule has 2 aromatic rings. The van der Waals surface area contributed by atoms with Crippen LogP contribution in [0.2, 0.25) is 0 Å². The molecule has 0 aliphatic rings. The summed E-state index contributed by atoms with van der Waals surface area (Å²) in [6, 6.07) is 0. The lowest BCUT2D eigenvalue weighted by Gasteiger charge is -1.90. The molecule has 2 aromatic heterocycles. The van der Waals surface area contributed by atoms with Gasteiger partial charge in [-0.1, -0.05) is 5.92 Å². The average Bonchev–Trinajstić information content (AvgIpc) is 2.61. The molecular weight excluding hydrogens is 184 g/mol. The maximum atomic E-state index is 4.18. The zero-order valence-corrected chi connectivity index (χ0v) is 7.72. The van der Waals surface area contributed by atoms with Crippen molar-refractivity contribution >= 4 is 22.9 Å². The van der Waals surface area contributed by atoms with Gasteiger partial charge in [-0.3, -0.25) is 0 Å². The number of aromatic amines is 1. The van der Waals surface area contributed by atoms with Gasteiger partial charge in [-0.2, -0.15) is 4.98 Å². The Morgan fingerprint density at radius 1 is 1.46 bits per heavy atom. The van der Waals surface area contributed by atoms with Crippen LogP contribution >= 0.6 is 11.8 Å². The predicted molar refractivity (Wildman–Crippen MR) is 51.0 cm³/mol. The number of thioether (sulfide) groups is 1. The van der Waals surface area contributed by atoms with E-state index < -0.39 is 0 Å². The van der Waals surface area contributed by atoms with Crippen LogP contribution in [-0.4, -0.2) is 19.9 Å². The highest BCUT2D eigenvalue weighted by molar-refractivity contribution is 8.03. The van der Waals surface area contributed by atoms with Gasteiger partial charge >= 0.3 is 0 Å². The Balaban J connectivity index is 2.40. The van der Waals surface area contributed by atoms with E-state index >= 15 is 0 Å². The van der Waals surface area contributed by atoms with Crippen molar-refractivity contribution in [3.8, 4) is 11.2 Å². The molecule has 0 aliphatic carbocycles. The molecular formula is C8H6N4S. The van der Waals surface area contributed by atoms with Crippen LogP contribution in [0.1, 0.15) is 6.92 Å². The molecule has 5 heteroatoms. The number of nitrogens with one attached hydrogen (secondary N) is 1. The number of aromatic nitrogens is 4. The fraction of sp³-hybridized carbons (Fsp3) is 0.125. The molecule has 0 bridgehead atoms. The lowest BCUT2D eigenvalue weighted by Crippen LogP contribution is -1.84. The molecule has 0 saturated heterocycles. The molecule has 0 unspecified atom stereocenters. The minimum Gasteiger partial charge on any atom is -0.342 e. The summed E-state index contributed by atoms with van der Waals surface area (Å²) in [5.41, 5.74) is 1.52. The second kappa shape index (κ2) is 3.46. The van der Waals surface area contributed by atoms with Crippen molar-refractivity contribution in [3.63, 3.8) is 0 Å². The molecule has 0 amide bonds. The van der Waals surface area contributed by atoms with Gasteiger partial charge in [-0.05, 0) is 12.2 Å². The van der Waals surface area contributed by atoms with Crippen molar-refractivity contribution < 1.29 is 0 Å². The normalized spacial score (nSPS) is 9.62. The van der Waals surface area contributed by atoms with E-state index in [0.29, 0.717) is 10.8 Å². The van der Waals surface area contributed by atoms with Crippen LogP contribution in [0, 0.1) is 11.2 Å². The summed E-state index contributed by atoms with van der Waals surface area (Å²) < 4.78 is 0. The molecule has 2 heterocycles. The summed E-state index contributed by atoms with van der Waals surface area (Å²) in [6.45, 7) is 1.78. The van der Waals surface area contributed by atoms with E-state index in [1.807, 2.05) is 0 Å². The lowest BCUT2D eigenvalue weighted by atomic mass is 10.6. The Bertz CT molecular complexity index is 479. The van der Waals surface area contributed by atoms with E-state index in [1.54, 1.807) is 19.4 Å². The Hall–Kier alpha value is -1.54. The number of hydrogen-bond acceptors (Lipinski definition) is 4. The number of imidazole rings is 1. The van der Waals surface area contributed by atoms with E-state index in [2.05, 4.69) is 31.1 Å². The minimum atomic E-state index is 0.633. The van der Waals surface area contributed by atoms with Gasteiger partial charge in [0, 0.05) is 11.8 Å². The van der Waals surface area contributed by atoms with Crippen molar-refractivity contribution in [3.05, 3.63) is 12.5 Å². The summed E-state index contributed by atoms with van der Waals surface area (Å²) in [5.74, 6) is 2.76. The van der Waals surface area contributed by atoms with Crippen LogP contribution in [0.15, 0.2) is 17.7 Å². The molecule has 1 N–H and O–H groups in total. The Morgan fingerprint density at radius 3 is 3.23 bits per heavy atom. The molecule has 0 fully saturated rings. The van der Waals surface area contributed by atoms with Gasteiger partial charge in [0.2, 0.25) is 5.16 Å². The third-order valence-electron chi connectivity index (χ3n) is 1.40. The van der Waals surface area contributed by atoms with Crippen LogP contribution in [0.5, 0.6) is 0 Å². The number of fused-ring (bicyclic) bond motifs is 1. The van der Waals surface area contributed by atoms with Crippen LogP contribution < -0.4 is 0 Å². The first-order valence-electron chi connectivity index (χ1n) is 3.65. The number of hydrogen-bond donors (Lipinski definition) is 1. The summed E-state index contributed by atoms with van der Waals surface area (Å²) in [7, 11) is 0. The van der Waals surface area contributed by atoms with Gasteiger partial charge in [0.25, 0.3) is 0 Å². The average molecular weight is 190 g/mol. The van der Waals surface area contributed by atoms with Crippen molar-refractivity contribution in [2.45, 2.75) is 12.1 Å². The van der Waals surface area contributed by atoms with E-state index in [0.717, 1.165) is 5.52 Å². The van der Waals surface area contributed by atoms with Gasteiger partial charge in [-0.15, -0.1) is 0 Å². The maximum Gasteiger partial charge on any atom is 0.202 e. The fourth-order valence-electron chi connectivity index (χ4n) is 0.866. The molecule has 64 valence electrons. The molecule has 0 atom stereocenters. The molecule has 4 nitrogen and oxygen atoms in total. The number of rotatable bonds is 1. The van der Waals surface area contributed by atoms with E-state index in [-0.39, 0.29) is 0 Å². The van der Waals surface area contributed by atoms with Gasteiger partial charge < -0.3 is 4.98 Å². The first kappa shape index (κ1) is 8.08. The molecule has 13 heavy (non-hydrogen) atoms. The van der Waals surface area contributed by atoms with Gasteiger partial charge in [0.05, 0.1) is 12.5 Å². The standard InChI is InChI=1S/C8H6N4S/c1-2-3-13-8-9-4-6-7(12-8)11-5-10-6/h4-5H,1H3,(H,9,10,11,12). The molecule has 0 radical (unpaired) electrons. The Kier molecular flexibility index (Phi) is 2.15. The van der Waals surface area contributed by atoms with Crippen LogP contribution in [-0.2, 0) is 0 Å². The second-order valence-electron chi connectivity index (χ2n) is 2.25. The van der Waals surface area contributed by atoms with E-state index in [4.69, 9.17) is 0 Å². The first-order chi connectivity index (χ1) is 6.40. The fourth-order valence-corrected chi connectivity index (χ4v) is 1.30. The first-order valence-corrected chi connectivity index (χ1v) is 4.46. The SMILES string of the molecule is CC#CSc1ncc2[nH]cnc2n1. The van der Waals surface area contributed by atoms with Crippen molar-refractivity contribution in [2.75, 3.05) is 0 Å². The monoisotopic (exact) mass is 190 g/mol. The summed E-state index contributed by atoms with van der Waals surface area (Å²) in [5, 5.41) is 3.46. The maximum absolute atomic E-state index is 4.18. The van der Waals surface area contributed by atoms with Crippen molar-refractivity contribution in [1.82, 2.24) is 19.9 Å². The van der Waals surface area contributed by atoms with Crippen molar-refractivity contribution in [2.24, 2.45) is 0 Å². The smallest absolute Gasteiger partial charge is 0.202 e. The second-order valence-corrected chi connectivity index (χ2v) is 3.02. The van der Waals surface area contributed by atoms with Crippen LogP contribution in [0.25, 0.3) is 11.2 Å². The highest BCUT2D eigenvalue weighted by Gasteiger charge is 2.00. The van der Waals surface area contributed by atoms with Crippen LogP contribution in [0.4, 0.5) is 0 Å². The molecule has 2 rings (SSSR count). The number of nitrogens with zero attached hydrogens (tertiary/aromatic N) is 3. The highest BCUT2D eigenvalue weighted by atomic mass is 32.2. The van der Waals surface area contributed by atoms with Gasteiger partial charge in [0.1, 0.15) is 5.52 Å². The molecule has 0 spiro atoms. The van der Waals surface area contributed by atoms with E-state index in [9.17, 15) is 0 Å². The lowest BCUT2D eigenvalue weighted by molar-refractivity contribution is 0.999. The van der Waals surface area contributed by atoms with Gasteiger partial charge in [0.15, 0.2) is 5.65 Å². The Labute approximate surface area is 79.2 Å². The third kappa shape index (κ3) is 1.63. The summed E-state index contributed by atoms with van der Waals surface area (Å²) >= 11 is 1.30. The van der Waals surface area contributed by atoms with Crippen molar-refractivity contribution in [1.29, 1.82) is 0 Å². The zero-order valence-electron chi connectivity index (χ0n) is 6.90. The van der Waals surface area contributed by atoms with E-state index in [1.165, 1.54) is 11.8 Å². The number of H-pyrrole nitrogens is 1. The van der Waals surface area contributed by atoms with Gasteiger partial charge in [-0.25, -0.2) is 9.97 Å². The Morgan fingerprint density at radius 2 is 2.38 bits per heavy atom. The predicted octanol–water partition coefficient (Wildman–Crippen LogP) is 1.43.